The SMILES string of the molecule is Cc1cc(C)c(C(=O)NC[C@@H](NC(=O)c2oc(C)cc2C)C(C)C)o1. The highest BCUT2D eigenvalue weighted by molar-refractivity contribution is 5.94. The van der Waals surface area contributed by atoms with E-state index >= 15 is 0 Å². The van der Waals surface area contributed by atoms with E-state index in [1.807, 2.05) is 39.8 Å². The van der Waals surface area contributed by atoms with Crippen LogP contribution in [0.15, 0.2) is 21.0 Å². The Kier molecular flexibility index (Phi) is 5.72. The van der Waals surface area contributed by atoms with E-state index in [9.17, 15) is 9.59 Å². The summed E-state index contributed by atoms with van der Waals surface area (Å²) in [5.41, 5.74) is 1.59. The van der Waals surface area contributed by atoms with Gasteiger partial charge in [0.1, 0.15) is 11.5 Å². The molecule has 0 saturated carbocycles. The third-order valence-corrected chi connectivity index (χ3v) is 4.10. The summed E-state index contributed by atoms with van der Waals surface area (Å²) < 4.78 is 10.9. The van der Waals surface area contributed by atoms with Crippen LogP contribution in [0.4, 0.5) is 0 Å². The van der Waals surface area contributed by atoms with Gasteiger partial charge in [-0.2, -0.15) is 0 Å². The first kappa shape index (κ1) is 18.8. The maximum atomic E-state index is 12.4. The summed E-state index contributed by atoms with van der Waals surface area (Å²) in [4.78, 5) is 24.7. The van der Waals surface area contributed by atoms with Crippen molar-refractivity contribution in [3.8, 4) is 0 Å². The van der Waals surface area contributed by atoms with Gasteiger partial charge in [-0.25, -0.2) is 0 Å². The summed E-state index contributed by atoms with van der Waals surface area (Å²) >= 11 is 0. The number of carbonyl (C=O) groups excluding carboxylic acids is 2. The first-order chi connectivity index (χ1) is 11.7. The lowest BCUT2D eigenvalue weighted by molar-refractivity contribution is 0.0867. The Morgan fingerprint density at radius 2 is 1.40 bits per heavy atom. The number of nitrogens with one attached hydrogen (secondary N) is 2. The van der Waals surface area contributed by atoms with Crippen molar-refractivity contribution in [2.45, 2.75) is 47.6 Å². The van der Waals surface area contributed by atoms with Crippen LogP contribution in [0.25, 0.3) is 0 Å². The maximum absolute atomic E-state index is 12.4. The second-order valence-corrected chi connectivity index (χ2v) is 6.77. The lowest BCUT2D eigenvalue weighted by Crippen LogP contribution is -2.46. The molecule has 0 bridgehead atoms. The van der Waals surface area contributed by atoms with E-state index in [-0.39, 0.29) is 23.8 Å². The van der Waals surface area contributed by atoms with Crippen molar-refractivity contribution >= 4 is 11.8 Å². The van der Waals surface area contributed by atoms with Crippen molar-refractivity contribution < 1.29 is 18.4 Å². The maximum Gasteiger partial charge on any atom is 0.287 e. The highest BCUT2D eigenvalue weighted by Crippen LogP contribution is 2.15. The standard InChI is InChI=1S/C19H26N2O4/c1-10(2)15(21-19(23)17-12(4)8-14(6)25-17)9-20-18(22)16-11(3)7-13(5)24-16/h7-8,10,15H,9H2,1-6H3,(H,20,22)(H,21,23)/t15-/m1/s1. The minimum Gasteiger partial charge on any atom is -0.456 e. The molecule has 0 saturated heterocycles. The average molecular weight is 346 g/mol. The van der Waals surface area contributed by atoms with Crippen LogP contribution in [0.3, 0.4) is 0 Å². The number of aryl methyl sites for hydroxylation is 4. The van der Waals surface area contributed by atoms with E-state index in [0.29, 0.717) is 29.6 Å². The zero-order valence-corrected chi connectivity index (χ0v) is 15.6. The molecular formula is C19H26N2O4. The molecule has 0 aliphatic carbocycles. The van der Waals surface area contributed by atoms with Gasteiger partial charge in [-0.15, -0.1) is 0 Å². The van der Waals surface area contributed by atoms with Crippen LogP contribution in [-0.2, 0) is 0 Å². The molecule has 0 radical (unpaired) electrons. The van der Waals surface area contributed by atoms with Gasteiger partial charge in [0, 0.05) is 23.7 Å². The van der Waals surface area contributed by atoms with Crippen molar-refractivity contribution in [2.75, 3.05) is 6.54 Å². The predicted molar refractivity (Wildman–Crippen MR) is 94.8 cm³/mol. The lowest BCUT2D eigenvalue weighted by Gasteiger charge is -2.22. The Morgan fingerprint density at radius 1 is 0.920 bits per heavy atom. The van der Waals surface area contributed by atoms with E-state index < -0.39 is 0 Å². The Morgan fingerprint density at radius 3 is 1.80 bits per heavy atom. The van der Waals surface area contributed by atoms with Crippen LogP contribution in [0.2, 0.25) is 0 Å². The second-order valence-electron chi connectivity index (χ2n) is 6.77. The smallest absolute Gasteiger partial charge is 0.287 e. The number of rotatable bonds is 6. The summed E-state index contributed by atoms with van der Waals surface area (Å²) in [6.07, 6.45) is 0. The van der Waals surface area contributed by atoms with Gasteiger partial charge in [0.2, 0.25) is 0 Å². The largest absolute Gasteiger partial charge is 0.456 e. The van der Waals surface area contributed by atoms with E-state index in [1.54, 1.807) is 13.8 Å². The quantitative estimate of drug-likeness (QED) is 0.840. The average Bonchev–Trinajstić information content (AvgIpc) is 3.03. The molecule has 0 aromatic carbocycles. The number of carbonyl (C=O) groups is 2. The van der Waals surface area contributed by atoms with E-state index in [0.717, 1.165) is 11.1 Å². The molecule has 0 spiro atoms. The third kappa shape index (κ3) is 4.53. The van der Waals surface area contributed by atoms with E-state index in [4.69, 9.17) is 8.83 Å². The molecule has 1 atom stereocenters. The molecule has 2 aromatic heterocycles. The van der Waals surface area contributed by atoms with Gasteiger partial charge < -0.3 is 19.5 Å². The molecule has 0 unspecified atom stereocenters. The van der Waals surface area contributed by atoms with Crippen molar-refractivity contribution in [3.05, 3.63) is 46.3 Å². The topological polar surface area (TPSA) is 84.5 Å². The fourth-order valence-electron chi connectivity index (χ4n) is 2.70. The van der Waals surface area contributed by atoms with Crippen LogP contribution in [0, 0.1) is 33.6 Å². The summed E-state index contributed by atoms with van der Waals surface area (Å²) in [6.45, 7) is 11.5. The Hall–Kier alpha value is -2.50. The fourth-order valence-corrected chi connectivity index (χ4v) is 2.70. The van der Waals surface area contributed by atoms with Gasteiger partial charge in [0.25, 0.3) is 11.8 Å². The van der Waals surface area contributed by atoms with Crippen LogP contribution in [0.1, 0.15) is 57.6 Å². The van der Waals surface area contributed by atoms with Crippen molar-refractivity contribution in [1.29, 1.82) is 0 Å². The van der Waals surface area contributed by atoms with Crippen molar-refractivity contribution in [2.24, 2.45) is 5.92 Å². The molecular weight excluding hydrogens is 320 g/mol. The van der Waals surface area contributed by atoms with Crippen molar-refractivity contribution in [3.63, 3.8) is 0 Å². The molecule has 0 aliphatic heterocycles. The summed E-state index contributed by atoms with van der Waals surface area (Å²) in [5, 5.41) is 5.77. The number of furan rings is 2. The Labute approximate surface area is 148 Å². The molecule has 2 aromatic rings. The predicted octanol–water partition coefficient (Wildman–Crippen LogP) is 3.29. The van der Waals surface area contributed by atoms with Gasteiger partial charge in [0.15, 0.2) is 11.5 Å². The van der Waals surface area contributed by atoms with Gasteiger partial charge in [-0.1, -0.05) is 13.8 Å². The fraction of sp³-hybridized carbons (Fsp3) is 0.474. The van der Waals surface area contributed by atoms with E-state index in [2.05, 4.69) is 10.6 Å². The zero-order valence-electron chi connectivity index (χ0n) is 15.6. The first-order valence-electron chi connectivity index (χ1n) is 8.42. The number of amides is 2. The minimum atomic E-state index is -0.282. The van der Waals surface area contributed by atoms with Gasteiger partial charge in [-0.05, 0) is 45.7 Å². The minimum absolute atomic E-state index is 0.139. The van der Waals surface area contributed by atoms with Crippen LogP contribution >= 0.6 is 0 Å². The normalized spacial score (nSPS) is 12.3. The lowest BCUT2D eigenvalue weighted by atomic mass is 10.0. The van der Waals surface area contributed by atoms with Crippen LogP contribution in [0.5, 0.6) is 0 Å². The van der Waals surface area contributed by atoms with Crippen molar-refractivity contribution in [1.82, 2.24) is 10.6 Å². The zero-order chi connectivity index (χ0) is 18.7. The number of hydrogen-bond acceptors (Lipinski definition) is 4. The van der Waals surface area contributed by atoms with Gasteiger partial charge >= 0.3 is 0 Å². The molecule has 2 amide bonds. The molecule has 0 fully saturated rings. The monoisotopic (exact) mass is 346 g/mol. The third-order valence-electron chi connectivity index (χ3n) is 4.10. The molecule has 0 aliphatic rings. The second kappa shape index (κ2) is 7.59. The highest BCUT2D eigenvalue weighted by atomic mass is 16.4. The Balaban J connectivity index is 2.01. The molecule has 136 valence electrons. The molecule has 6 nitrogen and oxygen atoms in total. The van der Waals surface area contributed by atoms with Crippen LogP contribution in [-0.4, -0.2) is 24.4 Å². The molecule has 2 N–H and O–H groups in total. The summed E-state index contributed by atoms with van der Waals surface area (Å²) in [7, 11) is 0. The molecule has 25 heavy (non-hydrogen) atoms. The summed E-state index contributed by atoms with van der Waals surface area (Å²) in [6, 6.07) is 3.42. The molecule has 2 rings (SSSR count). The molecule has 2 heterocycles. The van der Waals surface area contributed by atoms with Gasteiger partial charge in [-0.3, -0.25) is 9.59 Å². The summed E-state index contributed by atoms with van der Waals surface area (Å²) in [5.74, 6) is 1.59. The Bertz CT molecular complexity index is 770. The first-order valence-corrected chi connectivity index (χ1v) is 8.42. The van der Waals surface area contributed by atoms with E-state index in [1.165, 1.54) is 0 Å². The molecule has 6 heteroatoms. The van der Waals surface area contributed by atoms with Crippen LogP contribution < -0.4 is 10.6 Å². The number of hydrogen-bond donors (Lipinski definition) is 2. The van der Waals surface area contributed by atoms with Gasteiger partial charge in [0.05, 0.1) is 0 Å². The highest BCUT2D eigenvalue weighted by Gasteiger charge is 2.22.